The van der Waals surface area contributed by atoms with Crippen LogP contribution in [0.5, 0.6) is 0 Å². The molecule has 0 amide bonds. The summed E-state index contributed by atoms with van der Waals surface area (Å²) in [7, 11) is 0. The van der Waals surface area contributed by atoms with Gasteiger partial charge >= 0.3 is 0 Å². The zero-order valence-corrected chi connectivity index (χ0v) is 9.61. The molecule has 0 aliphatic heterocycles. The maximum Gasteiger partial charge on any atom is 0.173 e. The highest BCUT2D eigenvalue weighted by atomic mass is 16.4. The van der Waals surface area contributed by atoms with Crippen molar-refractivity contribution < 1.29 is 5.21 Å². The van der Waals surface area contributed by atoms with E-state index in [0.29, 0.717) is 11.4 Å². The molecular formula is C11H12N6O. The molecule has 0 saturated heterocycles. The van der Waals surface area contributed by atoms with Crippen molar-refractivity contribution in [3.63, 3.8) is 0 Å². The molecule has 0 saturated carbocycles. The van der Waals surface area contributed by atoms with Crippen LogP contribution in [-0.4, -0.2) is 30.8 Å². The summed E-state index contributed by atoms with van der Waals surface area (Å²) in [5.74, 6) is 0.575. The highest BCUT2D eigenvalue weighted by Crippen LogP contribution is 2.24. The summed E-state index contributed by atoms with van der Waals surface area (Å²) < 4.78 is 1.52. The monoisotopic (exact) mass is 244 g/mol. The van der Waals surface area contributed by atoms with E-state index in [-0.39, 0.29) is 5.84 Å². The molecular weight excluding hydrogens is 232 g/mol. The summed E-state index contributed by atoms with van der Waals surface area (Å²) in [6.07, 6.45) is 5.97. The second-order valence-electron chi connectivity index (χ2n) is 4.14. The van der Waals surface area contributed by atoms with Gasteiger partial charge in [-0.2, -0.15) is 5.10 Å². The first-order valence-electron chi connectivity index (χ1n) is 5.65. The fourth-order valence-electron chi connectivity index (χ4n) is 2.20. The Kier molecular flexibility index (Phi) is 2.44. The van der Waals surface area contributed by atoms with Crippen LogP contribution in [0.4, 0.5) is 0 Å². The lowest BCUT2D eigenvalue weighted by Crippen LogP contribution is -2.18. The van der Waals surface area contributed by atoms with Gasteiger partial charge in [-0.1, -0.05) is 5.16 Å². The minimum atomic E-state index is 0.0303. The van der Waals surface area contributed by atoms with Crippen molar-refractivity contribution in [1.29, 1.82) is 0 Å². The van der Waals surface area contributed by atoms with Crippen molar-refractivity contribution in [2.24, 2.45) is 10.9 Å². The number of nitrogens with zero attached hydrogens (tertiary/aromatic N) is 5. The van der Waals surface area contributed by atoms with E-state index < -0.39 is 0 Å². The number of aryl methyl sites for hydroxylation is 2. The molecule has 7 nitrogen and oxygen atoms in total. The number of rotatable bonds is 2. The topological polar surface area (TPSA) is 102 Å². The van der Waals surface area contributed by atoms with Crippen LogP contribution >= 0.6 is 0 Å². The Bertz CT molecular complexity index is 604. The lowest BCUT2D eigenvalue weighted by atomic mass is 10.1. The van der Waals surface area contributed by atoms with Crippen LogP contribution in [0, 0.1) is 0 Å². The van der Waals surface area contributed by atoms with Crippen molar-refractivity contribution in [2.45, 2.75) is 19.3 Å². The summed E-state index contributed by atoms with van der Waals surface area (Å²) in [5.41, 5.74) is 8.47. The van der Waals surface area contributed by atoms with E-state index >= 15 is 0 Å². The van der Waals surface area contributed by atoms with Crippen LogP contribution in [0.15, 0.2) is 23.9 Å². The van der Waals surface area contributed by atoms with Gasteiger partial charge in [0.05, 0.1) is 5.56 Å². The number of aromatic nitrogens is 4. The number of pyridine rings is 1. The first-order chi connectivity index (χ1) is 8.79. The van der Waals surface area contributed by atoms with Crippen molar-refractivity contribution in [3.8, 4) is 5.82 Å². The Morgan fingerprint density at radius 2 is 2.33 bits per heavy atom. The van der Waals surface area contributed by atoms with E-state index in [1.807, 2.05) is 6.07 Å². The van der Waals surface area contributed by atoms with Crippen molar-refractivity contribution in [3.05, 3.63) is 35.5 Å². The first-order valence-corrected chi connectivity index (χ1v) is 5.65. The standard InChI is InChI=1S/C11H12N6O/c12-10(16-18)8-4-7-2-1-3-9(7)15-11(8)17-6-13-5-14-17/h4-6,18H,1-3H2,(H2,12,16). The third kappa shape index (κ3) is 1.60. The van der Waals surface area contributed by atoms with E-state index in [1.165, 1.54) is 17.3 Å². The van der Waals surface area contributed by atoms with Crippen molar-refractivity contribution >= 4 is 5.84 Å². The molecule has 0 bridgehead atoms. The number of hydrogen-bond donors (Lipinski definition) is 2. The molecule has 7 heteroatoms. The highest BCUT2D eigenvalue weighted by Gasteiger charge is 2.19. The summed E-state index contributed by atoms with van der Waals surface area (Å²) in [6, 6.07) is 1.92. The molecule has 0 fully saturated rings. The van der Waals surface area contributed by atoms with E-state index in [9.17, 15) is 0 Å². The molecule has 2 heterocycles. The molecule has 92 valence electrons. The van der Waals surface area contributed by atoms with E-state index in [1.54, 1.807) is 0 Å². The summed E-state index contributed by atoms with van der Waals surface area (Å²) in [4.78, 5) is 8.44. The maximum absolute atomic E-state index is 8.85. The van der Waals surface area contributed by atoms with Gasteiger partial charge in [-0.15, -0.1) is 0 Å². The normalized spacial score (nSPS) is 14.8. The highest BCUT2D eigenvalue weighted by molar-refractivity contribution is 6.00. The Morgan fingerprint density at radius 1 is 1.44 bits per heavy atom. The maximum atomic E-state index is 8.85. The van der Waals surface area contributed by atoms with Gasteiger partial charge in [0.1, 0.15) is 12.7 Å². The van der Waals surface area contributed by atoms with Gasteiger partial charge in [0.2, 0.25) is 0 Å². The van der Waals surface area contributed by atoms with Crippen molar-refractivity contribution in [1.82, 2.24) is 19.7 Å². The van der Waals surface area contributed by atoms with E-state index in [0.717, 1.165) is 30.5 Å². The number of nitrogens with two attached hydrogens (primary N) is 1. The van der Waals surface area contributed by atoms with Crippen molar-refractivity contribution in [2.75, 3.05) is 0 Å². The van der Waals surface area contributed by atoms with Crippen LogP contribution in [0.3, 0.4) is 0 Å². The third-order valence-corrected chi connectivity index (χ3v) is 3.05. The minimum absolute atomic E-state index is 0.0303. The Morgan fingerprint density at radius 3 is 3.06 bits per heavy atom. The zero-order valence-electron chi connectivity index (χ0n) is 9.61. The van der Waals surface area contributed by atoms with Gasteiger partial charge in [-0.25, -0.2) is 14.6 Å². The molecule has 18 heavy (non-hydrogen) atoms. The SMILES string of the molecule is NC(=NO)c1cc2c(nc1-n1cncn1)CCC2. The summed E-state index contributed by atoms with van der Waals surface area (Å²) in [5, 5.41) is 15.9. The van der Waals surface area contributed by atoms with Gasteiger partial charge in [0.25, 0.3) is 0 Å². The zero-order chi connectivity index (χ0) is 12.5. The van der Waals surface area contributed by atoms with E-state index in [4.69, 9.17) is 10.9 Å². The molecule has 3 rings (SSSR count). The molecule has 0 atom stereocenters. The average molecular weight is 244 g/mol. The van der Waals surface area contributed by atoms with Gasteiger partial charge < -0.3 is 10.9 Å². The molecule has 1 aliphatic rings. The molecule has 1 aliphatic carbocycles. The fourth-order valence-corrected chi connectivity index (χ4v) is 2.20. The minimum Gasteiger partial charge on any atom is -0.409 e. The number of oxime groups is 1. The molecule has 0 aromatic carbocycles. The molecule has 0 unspecified atom stereocenters. The van der Waals surface area contributed by atoms with Crippen LogP contribution in [0.1, 0.15) is 23.2 Å². The summed E-state index contributed by atoms with van der Waals surface area (Å²) in [6.45, 7) is 0. The number of amidine groups is 1. The largest absolute Gasteiger partial charge is 0.409 e. The first kappa shape index (κ1) is 10.7. The lowest BCUT2D eigenvalue weighted by molar-refractivity contribution is 0.318. The van der Waals surface area contributed by atoms with Crippen LogP contribution < -0.4 is 5.73 Å². The molecule has 0 radical (unpaired) electrons. The fraction of sp³-hybridized carbons (Fsp3) is 0.273. The predicted octanol–water partition coefficient (Wildman–Crippen LogP) is 0.245. The lowest BCUT2D eigenvalue weighted by Gasteiger charge is -2.09. The second-order valence-corrected chi connectivity index (χ2v) is 4.14. The van der Waals surface area contributed by atoms with Crippen LogP contribution in [0.2, 0.25) is 0 Å². The van der Waals surface area contributed by atoms with Crippen LogP contribution in [0.25, 0.3) is 5.82 Å². The van der Waals surface area contributed by atoms with Gasteiger partial charge in [-0.3, -0.25) is 0 Å². The third-order valence-electron chi connectivity index (χ3n) is 3.05. The van der Waals surface area contributed by atoms with Gasteiger partial charge in [0, 0.05) is 5.69 Å². The smallest absolute Gasteiger partial charge is 0.173 e. The Balaban J connectivity index is 2.22. The van der Waals surface area contributed by atoms with Crippen LogP contribution in [-0.2, 0) is 12.8 Å². The molecule has 2 aromatic rings. The second kappa shape index (κ2) is 4.10. The van der Waals surface area contributed by atoms with E-state index in [2.05, 4.69) is 20.2 Å². The summed E-state index contributed by atoms with van der Waals surface area (Å²) >= 11 is 0. The molecule has 3 N–H and O–H groups in total. The quantitative estimate of drug-likeness (QED) is 0.341. The predicted molar refractivity (Wildman–Crippen MR) is 63.7 cm³/mol. The number of fused-ring (bicyclic) bond motifs is 1. The molecule has 0 spiro atoms. The molecule has 2 aromatic heterocycles. The van der Waals surface area contributed by atoms with Gasteiger partial charge in [0.15, 0.2) is 11.7 Å². The number of hydrogen-bond acceptors (Lipinski definition) is 5. The Labute approximate surface area is 103 Å². The van der Waals surface area contributed by atoms with Gasteiger partial charge in [-0.05, 0) is 30.9 Å². The average Bonchev–Trinajstić information content (AvgIpc) is 3.06. The Hall–Kier alpha value is -2.44.